The van der Waals surface area contributed by atoms with Crippen LogP contribution in [0.15, 0.2) is 53.9 Å². The number of carbonyl (C=O) groups excluding carboxylic acids is 1. The molecular formula is C17H14FN5OS2. The van der Waals surface area contributed by atoms with Crippen LogP contribution in [0, 0.1) is 5.82 Å². The molecule has 0 saturated carbocycles. The van der Waals surface area contributed by atoms with Crippen molar-refractivity contribution in [1.29, 1.82) is 0 Å². The number of thiocarbonyl (C=S) groups is 1. The number of anilines is 2. The Morgan fingerprint density at radius 1 is 1.04 bits per heavy atom. The molecule has 26 heavy (non-hydrogen) atoms. The lowest BCUT2D eigenvalue weighted by molar-refractivity contribution is 0.102. The van der Waals surface area contributed by atoms with Crippen LogP contribution < -0.4 is 16.0 Å². The Bertz CT molecular complexity index is 883. The topological polar surface area (TPSA) is 78.9 Å². The third-order valence-corrected chi connectivity index (χ3v) is 4.11. The number of halogens is 1. The molecule has 0 atom stereocenters. The first-order chi connectivity index (χ1) is 12.6. The molecule has 1 amide bonds. The molecule has 0 aliphatic carbocycles. The van der Waals surface area contributed by atoms with Gasteiger partial charge in [-0.1, -0.05) is 16.6 Å². The summed E-state index contributed by atoms with van der Waals surface area (Å²) in [5.74, 6) is -0.580. The van der Waals surface area contributed by atoms with Gasteiger partial charge in [0.1, 0.15) is 5.82 Å². The maximum atomic E-state index is 12.9. The second-order valence-corrected chi connectivity index (χ2v) is 6.27. The lowest BCUT2D eigenvalue weighted by atomic mass is 10.2. The number of benzene rings is 2. The first-order valence-electron chi connectivity index (χ1n) is 7.58. The van der Waals surface area contributed by atoms with Gasteiger partial charge in [0, 0.05) is 23.3 Å². The summed E-state index contributed by atoms with van der Waals surface area (Å²) in [5, 5.41) is 14.6. The minimum atomic E-state index is -0.309. The van der Waals surface area contributed by atoms with Crippen LogP contribution in [0.4, 0.5) is 15.8 Å². The Hall–Kier alpha value is -2.91. The van der Waals surface area contributed by atoms with Crippen molar-refractivity contribution in [1.82, 2.24) is 14.9 Å². The van der Waals surface area contributed by atoms with Gasteiger partial charge in [-0.15, -0.1) is 5.10 Å². The number of hydrogen-bond acceptors (Lipinski definition) is 5. The number of rotatable bonds is 5. The number of amides is 1. The summed E-state index contributed by atoms with van der Waals surface area (Å²) in [6, 6.07) is 13.3. The molecule has 0 aliphatic heterocycles. The van der Waals surface area contributed by atoms with Crippen molar-refractivity contribution >= 4 is 46.1 Å². The molecule has 9 heteroatoms. The summed E-state index contributed by atoms with van der Waals surface area (Å²) in [7, 11) is 0. The number of hydrogen-bond donors (Lipinski definition) is 3. The highest BCUT2D eigenvalue weighted by atomic mass is 32.1. The van der Waals surface area contributed by atoms with Crippen LogP contribution in [0.5, 0.6) is 0 Å². The van der Waals surface area contributed by atoms with Crippen LogP contribution >= 0.6 is 23.8 Å². The lowest BCUT2D eigenvalue weighted by Crippen LogP contribution is -2.27. The van der Waals surface area contributed by atoms with Crippen molar-refractivity contribution in [3.63, 3.8) is 0 Å². The molecule has 2 aromatic carbocycles. The molecule has 3 aromatic rings. The summed E-state index contributed by atoms with van der Waals surface area (Å²) in [5.41, 5.74) is 2.61. The SMILES string of the molecule is O=C(Nc1ccc(NC(=S)NCc2ccc(F)cc2)cc1)c1csnn1. The van der Waals surface area contributed by atoms with Crippen LogP contribution in [-0.2, 0) is 6.54 Å². The van der Waals surface area contributed by atoms with E-state index < -0.39 is 0 Å². The molecule has 0 radical (unpaired) electrons. The van der Waals surface area contributed by atoms with E-state index in [4.69, 9.17) is 12.2 Å². The van der Waals surface area contributed by atoms with Crippen LogP contribution in [0.3, 0.4) is 0 Å². The maximum Gasteiger partial charge on any atom is 0.277 e. The van der Waals surface area contributed by atoms with E-state index in [0.29, 0.717) is 17.3 Å². The van der Waals surface area contributed by atoms with Gasteiger partial charge >= 0.3 is 0 Å². The van der Waals surface area contributed by atoms with Crippen molar-refractivity contribution in [2.75, 3.05) is 10.6 Å². The zero-order chi connectivity index (χ0) is 18.4. The largest absolute Gasteiger partial charge is 0.358 e. The van der Waals surface area contributed by atoms with Crippen molar-refractivity contribution < 1.29 is 9.18 Å². The van der Waals surface area contributed by atoms with Gasteiger partial charge in [-0.3, -0.25) is 4.79 Å². The molecule has 0 fully saturated rings. The molecule has 0 saturated heterocycles. The molecule has 0 spiro atoms. The first kappa shape index (κ1) is 17.9. The molecule has 132 valence electrons. The Balaban J connectivity index is 1.49. The number of aromatic nitrogens is 2. The lowest BCUT2D eigenvalue weighted by Gasteiger charge is -2.11. The predicted octanol–water partition coefficient (Wildman–Crippen LogP) is 3.42. The van der Waals surface area contributed by atoms with Crippen LogP contribution in [0.2, 0.25) is 0 Å². The quantitative estimate of drug-likeness (QED) is 0.582. The van der Waals surface area contributed by atoms with E-state index in [9.17, 15) is 9.18 Å². The molecule has 3 rings (SSSR count). The van der Waals surface area contributed by atoms with E-state index in [0.717, 1.165) is 22.8 Å². The second kappa shape index (κ2) is 8.45. The molecule has 1 aromatic heterocycles. The maximum absolute atomic E-state index is 12.9. The number of nitrogens with one attached hydrogen (secondary N) is 3. The predicted molar refractivity (Wildman–Crippen MR) is 104 cm³/mol. The fourth-order valence-electron chi connectivity index (χ4n) is 2.06. The van der Waals surface area contributed by atoms with Gasteiger partial charge in [-0.05, 0) is 65.7 Å². The Morgan fingerprint density at radius 3 is 2.31 bits per heavy atom. The number of carbonyl (C=O) groups is 1. The molecule has 3 N–H and O–H groups in total. The Labute approximate surface area is 158 Å². The van der Waals surface area contributed by atoms with E-state index in [2.05, 4.69) is 25.5 Å². The van der Waals surface area contributed by atoms with E-state index in [1.807, 2.05) is 0 Å². The summed E-state index contributed by atoms with van der Waals surface area (Å²) >= 11 is 6.36. The summed E-state index contributed by atoms with van der Waals surface area (Å²) in [6.45, 7) is 0.488. The van der Waals surface area contributed by atoms with Gasteiger partial charge < -0.3 is 16.0 Å². The fraction of sp³-hybridized carbons (Fsp3) is 0.0588. The van der Waals surface area contributed by atoms with Gasteiger partial charge in [0.05, 0.1) is 0 Å². The second-order valence-electron chi connectivity index (χ2n) is 5.26. The summed E-state index contributed by atoms with van der Waals surface area (Å²) in [6.07, 6.45) is 0. The zero-order valence-corrected chi connectivity index (χ0v) is 15.0. The van der Waals surface area contributed by atoms with E-state index in [1.165, 1.54) is 12.1 Å². The van der Waals surface area contributed by atoms with Gasteiger partial charge in [0.15, 0.2) is 10.8 Å². The van der Waals surface area contributed by atoms with Crippen LogP contribution in [-0.4, -0.2) is 20.6 Å². The first-order valence-corrected chi connectivity index (χ1v) is 8.82. The summed E-state index contributed by atoms with van der Waals surface area (Å²) < 4.78 is 16.5. The van der Waals surface area contributed by atoms with E-state index >= 15 is 0 Å². The van der Waals surface area contributed by atoms with Gasteiger partial charge in [-0.2, -0.15) is 0 Å². The standard InChI is InChI=1S/C17H14FN5OS2/c18-12-3-1-11(2-4-12)9-19-17(25)21-14-7-5-13(6-8-14)20-16(24)15-10-26-23-22-15/h1-8,10H,9H2,(H,20,24)(H2,19,21,25). The smallest absolute Gasteiger partial charge is 0.277 e. The third kappa shape index (κ3) is 5.04. The molecular weight excluding hydrogens is 373 g/mol. The van der Waals surface area contributed by atoms with Gasteiger partial charge in [0.25, 0.3) is 5.91 Å². The minimum Gasteiger partial charge on any atom is -0.358 e. The zero-order valence-electron chi connectivity index (χ0n) is 13.4. The third-order valence-electron chi connectivity index (χ3n) is 3.36. The monoisotopic (exact) mass is 387 g/mol. The average molecular weight is 387 g/mol. The highest BCUT2D eigenvalue weighted by Crippen LogP contribution is 2.14. The Kier molecular flexibility index (Phi) is 5.82. The van der Waals surface area contributed by atoms with Crippen molar-refractivity contribution in [2.24, 2.45) is 0 Å². The average Bonchev–Trinajstić information content (AvgIpc) is 3.18. The molecule has 0 aliphatic rings. The van der Waals surface area contributed by atoms with E-state index in [1.54, 1.807) is 41.8 Å². The van der Waals surface area contributed by atoms with Crippen molar-refractivity contribution in [3.8, 4) is 0 Å². The van der Waals surface area contributed by atoms with Crippen LogP contribution in [0.25, 0.3) is 0 Å². The molecule has 6 nitrogen and oxygen atoms in total. The normalized spacial score (nSPS) is 10.2. The molecule has 0 unspecified atom stereocenters. The molecule has 0 bridgehead atoms. The van der Waals surface area contributed by atoms with Gasteiger partial charge in [-0.25, -0.2) is 4.39 Å². The summed E-state index contributed by atoms with van der Waals surface area (Å²) in [4.78, 5) is 11.9. The number of nitrogens with zero attached hydrogens (tertiary/aromatic N) is 2. The Morgan fingerprint density at radius 2 is 1.69 bits per heavy atom. The van der Waals surface area contributed by atoms with Gasteiger partial charge in [0.2, 0.25) is 0 Å². The van der Waals surface area contributed by atoms with E-state index in [-0.39, 0.29) is 17.4 Å². The highest BCUT2D eigenvalue weighted by Gasteiger charge is 2.08. The highest BCUT2D eigenvalue weighted by molar-refractivity contribution is 7.80. The minimum absolute atomic E-state index is 0.271. The van der Waals surface area contributed by atoms with Crippen molar-refractivity contribution in [2.45, 2.75) is 6.54 Å². The fourth-order valence-corrected chi connectivity index (χ4v) is 2.68. The molecule has 1 heterocycles. The van der Waals surface area contributed by atoms with Crippen molar-refractivity contribution in [3.05, 3.63) is 71.0 Å². The van der Waals surface area contributed by atoms with Crippen LogP contribution in [0.1, 0.15) is 16.1 Å².